The summed E-state index contributed by atoms with van der Waals surface area (Å²) in [5.74, 6) is 0.159. The Morgan fingerprint density at radius 3 is 2.76 bits per heavy atom. The third-order valence-electron chi connectivity index (χ3n) is 3.03. The number of amides is 1. The molecule has 0 bridgehead atoms. The Morgan fingerprint density at radius 2 is 2.19 bits per heavy atom. The molecular weight excluding hydrogens is 298 g/mol. The van der Waals surface area contributed by atoms with E-state index in [1.807, 2.05) is 0 Å². The zero-order valence-electron chi connectivity index (χ0n) is 10.9. The molecule has 0 aliphatic carbocycles. The average molecular weight is 311 g/mol. The number of carbonyl (C=O) groups excluding carboxylic acids is 1. The number of benzene rings is 1. The number of carbonyl (C=O) groups is 1. The molecule has 0 spiro atoms. The van der Waals surface area contributed by atoms with Crippen LogP contribution in [0, 0.1) is 10.1 Å². The minimum absolute atomic E-state index is 0.0245. The van der Waals surface area contributed by atoms with Crippen LogP contribution in [0.1, 0.15) is 12.0 Å². The van der Waals surface area contributed by atoms with Gasteiger partial charge in [0.05, 0.1) is 10.2 Å². The van der Waals surface area contributed by atoms with E-state index in [0.717, 1.165) is 0 Å². The van der Waals surface area contributed by atoms with Gasteiger partial charge in [0.1, 0.15) is 6.61 Å². The van der Waals surface area contributed by atoms with Gasteiger partial charge in [-0.1, -0.05) is 5.16 Å². The Hall–Kier alpha value is -2.29. The Labute approximate surface area is 125 Å². The lowest BCUT2D eigenvalue weighted by Crippen LogP contribution is -2.34. The standard InChI is InChI=1S/C12H13N3O5S/c16-12(14-6-5-10(21)11(14)13-17)20-7-8-1-3-9(4-2-8)15(18)19/h1-4,10,17,21H,5-7H2. The van der Waals surface area contributed by atoms with Gasteiger partial charge in [0.15, 0.2) is 5.84 Å². The van der Waals surface area contributed by atoms with E-state index in [-0.39, 0.29) is 23.4 Å². The van der Waals surface area contributed by atoms with Gasteiger partial charge in [-0.2, -0.15) is 12.6 Å². The zero-order valence-corrected chi connectivity index (χ0v) is 11.8. The van der Waals surface area contributed by atoms with E-state index in [2.05, 4.69) is 17.8 Å². The van der Waals surface area contributed by atoms with Crippen molar-refractivity contribution < 1.29 is 19.7 Å². The normalized spacial score (nSPS) is 19.8. The maximum atomic E-state index is 11.9. The predicted molar refractivity (Wildman–Crippen MR) is 76.6 cm³/mol. The second-order valence-electron chi connectivity index (χ2n) is 4.39. The molecule has 1 unspecified atom stereocenters. The SMILES string of the molecule is O=C(OCc1ccc([N+](=O)[O-])cc1)N1CCC(S)C1=NO. The number of ether oxygens (including phenoxy) is 1. The van der Waals surface area contributed by atoms with Crippen LogP contribution < -0.4 is 0 Å². The number of thiol groups is 1. The minimum Gasteiger partial charge on any atom is -0.444 e. The molecule has 0 aromatic heterocycles. The van der Waals surface area contributed by atoms with E-state index >= 15 is 0 Å². The van der Waals surface area contributed by atoms with Crippen molar-refractivity contribution in [3.05, 3.63) is 39.9 Å². The van der Waals surface area contributed by atoms with Crippen LogP contribution in [0.2, 0.25) is 0 Å². The molecule has 0 radical (unpaired) electrons. The summed E-state index contributed by atoms with van der Waals surface area (Å²) in [4.78, 5) is 23.1. The van der Waals surface area contributed by atoms with Crippen LogP contribution in [0.25, 0.3) is 0 Å². The molecule has 2 rings (SSSR count). The Balaban J connectivity index is 1.94. The third kappa shape index (κ3) is 3.43. The Bertz CT molecular complexity index is 575. The molecule has 21 heavy (non-hydrogen) atoms. The summed E-state index contributed by atoms with van der Waals surface area (Å²) in [6.07, 6.45) is -0.0625. The quantitative estimate of drug-likeness (QED) is 0.384. The first kappa shape index (κ1) is 15.1. The highest BCUT2D eigenvalue weighted by Crippen LogP contribution is 2.19. The van der Waals surface area contributed by atoms with Gasteiger partial charge >= 0.3 is 6.09 Å². The average Bonchev–Trinajstić information content (AvgIpc) is 2.86. The van der Waals surface area contributed by atoms with E-state index in [0.29, 0.717) is 18.5 Å². The van der Waals surface area contributed by atoms with Crippen molar-refractivity contribution in [2.75, 3.05) is 6.54 Å². The second kappa shape index (κ2) is 6.44. The van der Waals surface area contributed by atoms with E-state index in [9.17, 15) is 14.9 Å². The first-order chi connectivity index (χ1) is 10.0. The number of oxime groups is 1. The molecule has 1 saturated heterocycles. The summed E-state index contributed by atoms with van der Waals surface area (Å²) in [6.45, 7) is 0.343. The number of nitrogens with zero attached hydrogens (tertiary/aromatic N) is 3. The van der Waals surface area contributed by atoms with Crippen LogP contribution in [0.3, 0.4) is 0 Å². The molecule has 1 aromatic rings. The van der Waals surface area contributed by atoms with Gasteiger partial charge in [-0.25, -0.2) is 4.79 Å². The van der Waals surface area contributed by atoms with Gasteiger partial charge in [0.25, 0.3) is 5.69 Å². The highest BCUT2D eigenvalue weighted by molar-refractivity contribution is 7.81. The van der Waals surface area contributed by atoms with Crippen molar-refractivity contribution in [2.24, 2.45) is 5.16 Å². The summed E-state index contributed by atoms with van der Waals surface area (Å²) in [6, 6.07) is 5.70. The van der Waals surface area contributed by atoms with Crippen molar-refractivity contribution in [1.82, 2.24) is 4.90 Å². The van der Waals surface area contributed by atoms with Crippen molar-refractivity contribution in [2.45, 2.75) is 18.3 Å². The first-order valence-corrected chi connectivity index (χ1v) is 6.62. The molecule has 8 nitrogen and oxygen atoms in total. The number of nitro groups is 1. The summed E-state index contributed by atoms with van der Waals surface area (Å²) in [7, 11) is 0. The van der Waals surface area contributed by atoms with Crippen molar-refractivity contribution in [3.63, 3.8) is 0 Å². The molecule has 1 atom stereocenters. The molecular formula is C12H13N3O5S. The van der Waals surface area contributed by atoms with Gasteiger partial charge < -0.3 is 9.94 Å². The highest BCUT2D eigenvalue weighted by Gasteiger charge is 2.33. The van der Waals surface area contributed by atoms with Crippen LogP contribution in [0.5, 0.6) is 0 Å². The van der Waals surface area contributed by atoms with E-state index in [1.54, 1.807) is 0 Å². The van der Waals surface area contributed by atoms with E-state index in [4.69, 9.17) is 9.94 Å². The molecule has 1 N–H and O–H groups in total. The van der Waals surface area contributed by atoms with Crippen LogP contribution >= 0.6 is 12.6 Å². The number of nitro benzene ring substituents is 1. The number of hydrogen-bond acceptors (Lipinski definition) is 7. The van der Waals surface area contributed by atoms with E-state index < -0.39 is 11.0 Å². The maximum absolute atomic E-state index is 11.9. The molecule has 1 aromatic carbocycles. The molecule has 0 saturated carbocycles. The predicted octanol–water partition coefficient (Wildman–Crippen LogP) is 2.02. The molecule has 1 amide bonds. The summed E-state index contributed by atoms with van der Waals surface area (Å²) < 4.78 is 5.08. The maximum Gasteiger partial charge on any atom is 0.415 e. The Morgan fingerprint density at radius 1 is 1.52 bits per heavy atom. The largest absolute Gasteiger partial charge is 0.444 e. The fourth-order valence-corrected chi connectivity index (χ4v) is 2.22. The lowest BCUT2D eigenvalue weighted by Gasteiger charge is -2.16. The number of hydrogen-bond donors (Lipinski definition) is 2. The van der Waals surface area contributed by atoms with Crippen LogP contribution in [0.15, 0.2) is 29.4 Å². The summed E-state index contributed by atoms with van der Waals surface area (Å²) in [5, 5.41) is 22.1. The number of non-ortho nitro benzene ring substituents is 1. The molecule has 1 fully saturated rings. The molecule has 1 heterocycles. The summed E-state index contributed by atoms with van der Waals surface area (Å²) >= 11 is 4.19. The van der Waals surface area contributed by atoms with Gasteiger partial charge in [-0.05, 0) is 24.1 Å². The Kier molecular flexibility index (Phi) is 4.63. The second-order valence-corrected chi connectivity index (χ2v) is 5.02. The van der Waals surface area contributed by atoms with Crippen LogP contribution in [0.4, 0.5) is 10.5 Å². The lowest BCUT2D eigenvalue weighted by atomic mass is 10.2. The van der Waals surface area contributed by atoms with Crippen molar-refractivity contribution in [1.29, 1.82) is 0 Å². The molecule has 112 valence electrons. The number of rotatable bonds is 3. The lowest BCUT2D eigenvalue weighted by molar-refractivity contribution is -0.384. The molecule has 1 aliphatic heterocycles. The fraction of sp³-hybridized carbons (Fsp3) is 0.333. The van der Waals surface area contributed by atoms with Crippen LogP contribution in [-0.2, 0) is 11.3 Å². The number of amidine groups is 1. The molecule has 9 heteroatoms. The zero-order chi connectivity index (χ0) is 15.4. The van der Waals surface area contributed by atoms with Crippen LogP contribution in [-0.4, -0.2) is 38.8 Å². The summed E-state index contributed by atoms with van der Waals surface area (Å²) in [5.41, 5.74) is 0.593. The van der Waals surface area contributed by atoms with Gasteiger partial charge in [0, 0.05) is 18.7 Å². The number of likely N-dealkylation sites (tertiary alicyclic amines) is 1. The minimum atomic E-state index is -0.641. The van der Waals surface area contributed by atoms with Crippen molar-refractivity contribution >= 4 is 30.2 Å². The highest BCUT2D eigenvalue weighted by atomic mass is 32.1. The van der Waals surface area contributed by atoms with E-state index in [1.165, 1.54) is 29.2 Å². The van der Waals surface area contributed by atoms with Gasteiger partial charge in [0.2, 0.25) is 0 Å². The topological polar surface area (TPSA) is 105 Å². The first-order valence-electron chi connectivity index (χ1n) is 6.10. The van der Waals surface area contributed by atoms with Crippen molar-refractivity contribution in [3.8, 4) is 0 Å². The van der Waals surface area contributed by atoms with Gasteiger partial charge in [-0.15, -0.1) is 0 Å². The fourth-order valence-electron chi connectivity index (χ4n) is 1.92. The molecule has 1 aliphatic rings. The smallest absolute Gasteiger partial charge is 0.415 e. The monoisotopic (exact) mass is 311 g/mol. The van der Waals surface area contributed by atoms with Gasteiger partial charge in [-0.3, -0.25) is 15.0 Å². The third-order valence-corrected chi connectivity index (χ3v) is 3.52.